The molecule has 1 amide bonds. The Morgan fingerprint density at radius 2 is 2.67 bits per heavy atom. The minimum absolute atomic E-state index is 0. The second kappa shape index (κ2) is 8.26. The molecule has 0 aliphatic carbocycles. The fourth-order valence-electron chi connectivity index (χ4n) is 1.87. The van der Waals surface area contributed by atoms with E-state index in [1.54, 1.807) is 28.4 Å². The summed E-state index contributed by atoms with van der Waals surface area (Å²) in [6, 6.07) is 3.95. The van der Waals surface area contributed by atoms with Gasteiger partial charge in [-0.15, -0.1) is 16.2 Å². The molecule has 0 spiro atoms. The largest absolute Gasteiger partial charge is 0.387 e. The van der Waals surface area contributed by atoms with E-state index in [0.717, 1.165) is 11.3 Å². The van der Waals surface area contributed by atoms with E-state index >= 15 is 0 Å². The van der Waals surface area contributed by atoms with Crippen LogP contribution >= 0.6 is 11.3 Å². The zero-order valence-electron chi connectivity index (χ0n) is 11.0. The van der Waals surface area contributed by atoms with Gasteiger partial charge in [0.2, 0.25) is 5.91 Å². The Kier molecular flexibility index (Phi) is 6.63. The van der Waals surface area contributed by atoms with Crippen molar-refractivity contribution in [3.05, 3.63) is 34.6 Å². The summed E-state index contributed by atoms with van der Waals surface area (Å²) in [6.07, 6.45) is 3.04. The predicted molar refractivity (Wildman–Crippen MR) is 69.0 cm³/mol. The van der Waals surface area contributed by atoms with Crippen molar-refractivity contribution in [1.29, 1.82) is 1.34 Å². The van der Waals surface area contributed by atoms with Crippen LogP contribution in [0.15, 0.2) is 24.3 Å². The predicted octanol–water partition coefficient (Wildman–Crippen LogP) is 1.43. The first-order chi connectivity index (χ1) is 8.81. The summed E-state index contributed by atoms with van der Waals surface area (Å²) in [6.45, 7) is 1.10. The van der Waals surface area contributed by atoms with Crippen LogP contribution in [0.5, 0.6) is 0 Å². The number of amides is 1. The van der Waals surface area contributed by atoms with E-state index < -0.39 is 0 Å². The fraction of sp³-hybridized carbons (Fsp3) is 0.417. The maximum absolute atomic E-state index is 11.6. The van der Waals surface area contributed by atoms with Crippen LogP contribution in [0.3, 0.4) is 0 Å². The molecule has 2 radical (unpaired) electrons. The van der Waals surface area contributed by atoms with Gasteiger partial charge in [0.25, 0.3) is 0 Å². The number of likely N-dealkylation sites (tertiary alicyclic amines) is 1. The molecular weight excluding hydrogens is 322 g/mol. The number of hydrogen-bond donors (Lipinski definition) is 0. The summed E-state index contributed by atoms with van der Waals surface area (Å²) >= 11 is 1.55. The first-order valence-corrected chi connectivity index (χ1v) is 6.35. The molecule has 0 bridgehead atoms. The molecule has 0 N–H and O–H groups in total. The van der Waals surface area contributed by atoms with Crippen LogP contribution < -0.4 is 0 Å². The maximum Gasteiger partial charge on any atom is 0.226 e. The minimum atomic E-state index is 0. The van der Waals surface area contributed by atoms with Gasteiger partial charge in [0.05, 0.1) is 12.6 Å². The molecule has 3 nitrogen and oxygen atoms in total. The Morgan fingerprint density at radius 1 is 1.78 bits per heavy atom. The van der Waals surface area contributed by atoms with Crippen LogP contribution in [0.25, 0.3) is 0 Å². The van der Waals surface area contributed by atoms with Crippen LogP contribution in [-0.2, 0) is 48.8 Å². The Balaban J connectivity index is 0.00000180. The minimum Gasteiger partial charge on any atom is -0.387 e. The van der Waals surface area contributed by atoms with Gasteiger partial charge >= 0.3 is 0 Å². The van der Waals surface area contributed by atoms with E-state index in [9.17, 15) is 4.79 Å². The van der Waals surface area contributed by atoms with Crippen molar-refractivity contribution in [2.24, 2.45) is 0 Å². The molecule has 2 rings (SSSR count). The van der Waals surface area contributed by atoms with E-state index in [1.165, 1.54) is 7.81 Å². The molecule has 0 saturated carbocycles. The molecular formula is C12H14BNO2SY-. The van der Waals surface area contributed by atoms with E-state index in [0.29, 0.717) is 19.6 Å². The third-order valence-electron chi connectivity index (χ3n) is 2.70. The molecule has 1 saturated heterocycles. The summed E-state index contributed by atoms with van der Waals surface area (Å²) in [5.74, 6) is 1.66. The molecule has 1 unspecified atom stereocenters. The Labute approximate surface area is 139 Å². The van der Waals surface area contributed by atoms with Gasteiger partial charge in [-0.1, -0.05) is 0 Å². The van der Waals surface area contributed by atoms with Gasteiger partial charge in [-0.25, -0.2) is 0 Å². The maximum atomic E-state index is 11.6. The molecule has 1 atom stereocenters. The monoisotopic (exact) mass is 337 g/mol. The van der Waals surface area contributed by atoms with Crippen molar-refractivity contribution in [1.82, 2.24) is 4.90 Å². The summed E-state index contributed by atoms with van der Waals surface area (Å²) in [5, 5.41) is 3.01. The number of rotatable bonds is 6. The van der Waals surface area contributed by atoms with E-state index in [-0.39, 0.29) is 44.7 Å². The number of hydrogen-bond acceptors (Lipinski definition) is 3. The van der Waals surface area contributed by atoms with Gasteiger partial charge in [0, 0.05) is 45.7 Å². The van der Waals surface area contributed by atoms with Crippen LogP contribution in [0.1, 0.15) is 17.7 Å². The average molecular weight is 337 g/mol. The van der Waals surface area contributed by atoms with Gasteiger partial charge in [0.15, 0.2) is 0 Å². The van der Waals surface area contributed by atoms with Gasteiger partial charge in [-0.05, 0) is 14.0 Å². The topological polar surface area (TPSA) is 29.5 Å². The molecule has 18 heavy (non-hydrogen) atoms. The summed E-state index contributed by atoms with van der Waals surface area (Å²) < 4.78 is 12.6. The number of carbonyl (C=O) groups excluding carboxylic acids is 1. The number of carbonyl (C=O) groups is 1. The van der Waals surface area contributed by atoms with Gasteiger partial charge in [0.1, 0.15) is 7.81 Å². The SMILES string of the molecule is [2H][B]/C=C/N1C(=O)CCC1COCc1cc[c-]s1.[Y]. The van der Waals surface area contributed by atoms with Gasteiger partial charge in [-0.2, -0.15) is 12.1 Å². The second-order valence-corrected chi connectivity index (χ2v) is 4.83. The first kappa shape index (κ1) is 14.4. The number of thiophene rings is 1. The zero-order chi connectivity index (χ0) is 12.8. The van der Waals surface area contributed by atoms with E-state index in [2.05, 4.69) is 5.38 Å². The molecule has 2 heterocycles. The molecule has 1 aromatic heterocycles. The molecule has 1 aromatic rings. The average Bonchev–Trinajstić information content (AvgIpc) is 2.98. The summed E-state index contributed by atoms with van der Waals surface area (Å²) in [4.78, 5) is 14.4. The van der Waals surface area contributed by atoms with Crippen molar-refractivity contribution in [3.8, 4) is 0 Å². The van der Waals surface area contributed by atoms with Crippen LogP contribution in [0, 0.1) is 5.38 Å². The molecule has 1 aliphatic rings. The van der Waals surface area contributed by atoms with Crippen LogP contribution in [0.4, 0.5) is 0 Å². The molecule has 1 fully saturated rings. The fourth-order valence-corrected chi connectivity index (χ4v) is 2.43. The van der Waals surface area contributed by atoms with Crippen LogP contribution in [0.2, 0.25) is 0 Å². The van der Waals surface area contributed by atoms with Crippen molar-refractivity contribution in [2.75, 3.05) is 6.61 Å². The number of ether oxygens (including phenoxy) is 1. The van der Waals surface area contributed by atoms with Crippen molar-refractivity contribution in [3.63, 3.8) is 0 Å². The van der Waals surface area contributed by atoms with Crippen molar-refractivity contribution in [2.45, 2.75) is 25.5 Å². The first-order valence-electron chi connectivity index (χ1n) is 6.11. The second-order valence-electron chi connectivity index (χ2n) is 3.87. The molecule has 6 heteroatoms. The standard InChI is InChI=1S/C12H14BNO2S.Y/c13-5-6-14-10(3-4-12(14)15)8-16-9-11-2-1-7-17-11;/h1-2,5-6,10,13H,3-4,8-9H2;/q-1;/b6-5+;/i13D;. The Morgan fingerprint density at radius 3 is 3.39 bits per heavy atom. The quantitative estimate of drug-likeness (QED) is 0.581. The van der Waals surface area contributed by atoms with Gasteiger partial charge in [-0.3, -0.25) is 16.1 Å². The molecule has 92 valence electrons. The van der Waals surface area contributed by atoms with Gasteiger partial charge < -0.3 is 9.64 Å². The summed E-state index contributed by atoms with van der Waals surface area (Å²) in [7, 11) is 1.17. The van der Waals surface area contributed by atoms with Crippen molar-refractivity contribution >= 4 is 25.1 Å². The van der Waals surface area contributed by atoms with Crippen LogP contribution in [-0.4, -0.2) is 32.6 Å². The third kappa shape index (κ3) is 4.30. The summed E-state index contributed by atoms with van der Waals surface area (Å²) in [5.41, 5.74) is 0. The Hall–Kier alpha value is 0.0388. The normalized spacial score (nSPS) is 20.0. The smallest absolute Gasteiger partial charge is 0.226 e. The molecule has 0 aromatic carbocycles. The van der Waals surface area contributed by atoms with E-state index in [1.807, 2.05) is 12.1 Å². The number of nitrogens with zero attached hydrogens (tertiary/aromatic N) is 1. The molecule has 1 aliphatic heterocycles. The third-order valence-corrected chi connectivity index (χ3v) is 3.47. The Bertz CT molecular complexity index is 416. The van der Waals surface area contributed by atoms with E-state index in [4.69, 9.17) is 6.07 Å². The van der Waals surface area contributed by atoms with Crippen molar-refractivity contribution < 1.29 is 42.2 Å². The zero-order valence-corrected chi connectivity index (χ0v) is 13.7.